The van der Waals surface area contributed by atoms with E-state index in [1.807, 2.05) is 74.5 Å². The van der Waals surface area contributed by atoms with Crippen LogP contribution in [0.5, 0.6) is 11.5 Å². The lowest BCUT2D eigenvalue weighted by Gasteiger charge is -2.24. The van der Waals surface area contributed by atoms with Crippen LogP contribution >= 0.6 is 0 Å². The van der Waals surface area contributed by atoms with Crippen molar-refractivity contribution >= 4 is 12.3 Å². The number of ether oxygens (including phenoxy) is 5. The van der Waals surface area contributed by atoms with Crippen LogP contribution in [0.2, 0.25) is 0 Å². The first-order valence-corrected chi connectivity index (χ1v) is 17.8. The van der Waals surface area contributed by atoms with Crippen molar-refractivity contribution in [3.63, 3.8) is 0 Å². The van der Waals surface area contributed by atoms with E-state index in [0.717, 1.165) is 12.7 Å². The molecule has 4 aromatic carbocycles. The molecular weight excluding hydrogens is 774 g/mol. The monoisotopic (exact) mass is 808 g/mol. The molecular formula is C34H34I2O7+2. The maximum absolute atomic E-state index is 12.5. The number of rotatable bonds is 10. The molecule has 0 radical (unpaired) electrons. The van der Waals surface area contributed by atoms with Crippen LogP contribution in [0.25, 0.3) is 0 Å². The van der Waals surface area contributed by atoms with Crippen molar-refractivity contribution in [3.05, 3.63) is 123 Å². The number of hydrogen-bond donors (Lipinski definition) is 0. The average molecular weight is 808 g/mol. The van der Waals surface area contributed by atoms with Gasteiger partial charge in [-0.25, -0.2) is 9.59 Å². The minimum atomic E-state index is -0.912. The maximum Gasteiger partial charge on any atom is 0.514 e. The predicted octanol–water partition coefficient (Wildman–Crippen LogP) is 1.68. The summed E-state index contributed by atoms with van der Waals surface area (Å²) in [6.45, 7) is 8.76. The van der Waals surface area contributed by atoms with E-state index in [4.69, 9.17) is 23.7 Å². The van der Waals surface area contributed by atoms with Gasteiger partial charge >= 0.3 is 54.7 Å². The molecule has 0 bridgehead atoms. The standard InChI is InChI=1S/C34H34I2O7/c1-33(2,3)42-32(38)41-30-20-16-27(17-21-30)36-28-13-9-10-24(22-28)34(4,5)43-31(37)40-23-39-29-18-14-26(15-19-29)35-25-11-7-6-8-12-25/h6-22H,23H2,1-5H3/q+2. The molecule has 7 nitrogen and oxygen atoms in total. The van der Waals surface area contributed by atoms with Crippen LogP contribution in [0.15, 0.2) is 103 Å². The molecule has 0 saturated heterocycles. The van der Waals surface area contributed by atoms with E-state index < -0.39 is 44.7 Å². The molecule has 9 heteroatoms. The SMILES string of the molecule is CC(C)(C)OC(=O)Oc1ccc([I+]c2cccc(C(C)(C)OC(=O)OCOc3ccc([I+]c4ccccc4)cc3)c2)cc1. The highest BCUT2D eigenvalue weighted by molar-refractivity contribution is 5.64. The predicted molar refractivity (Wildman–Crippen MR) is 154 cm³/mol. The Hall–Kier alpha value is -3.32. The van der Waals surface area contributed by atoms with Crippen LogP contribution in [-0.2, 0) is 19.8 Å². The molecule has 4 rings (SSSR count). The van der Waals surface area contributed by atoms with Gasteiger partial charge in [-0.2, -0.15) is 0 Å². The Bertz CT molecular complexity index is 1500. The molecule has 0 spiro atoms. The van der Waals surface area contributed by atoms with Crippen LogP contribution in [0, 0.1) is 14.3 Å². The van der Waals surface area contributed by atoms with Gasteiger partial charge in [-0.05, 0) is 113 Å². The molecule has 0 amide bonds. The van der Waals surface area contributed by atoms with Gasteiger partial charge < -0.3 is 23.7 Å². The molecule has 224 valence electrons. The Morgan fingerprint density at radius 1 is 0.605 bits per heavy atom. The van der Waals surface area contributed by atoms with Gasteiger partial charge in [0, 0.05) is 0 Å². The Morgan fingerprint density at radius 2 is 1.16 bits per heavy atom. The van der Waals surface area contributed by atoms with Crippen LogP contribution in [0.1, 0.15) is 40.2 Å². The molecule has 0 N–H and O–H groups in total. The molecule has 0 unspecified atom stereocenters. The van der Waals surface area contributed by atoms with Gasteiger partial charge in [-0.15, -0.1) is 0 Å². The summed E-state index contributed by atoms with van der Waals surface area (Å²) in [6, 6.07) is 33.6. The Morgan fingerprint density at radius 3 is 1.79 bits per heavy atom. The minimum absolute atomic E-state index is 0.249. The number of carbonyl (C=O) groups excluding carboxylic acids is 2. The fourth-order valence-corrected chi connectivity index (χ4v) is 8.15. The van der Waals surface area contributed by atoms with Gasteiger partial charge in [-0.3, -0.25) is 0 Å². The van der Waals surface area contributed by atoms with E-state index in [1.54, 1.807) is 32.9 Å². The molecule has 0 saturated carbocycles. The molecule has 0 heterocycles. The molecule has 0 aliphatic carbocycles. The van der Waals surface area contributed by atoms with E-state index >= 15 is 0 Å². The summed E-state index contributed by atoms with van der Waals surface area (Å²) in [6.07, 6.45) is -1.54. The lowest BCUT2D eigenvalue weighted by Crippen LogP contribution is -3.61. The normalized spacial score (nSPS) is 11.4. The largest absolute Gasteiger partial charge is 0.514 e. The molecule has 0 atom stereocenters. The van der Waals surface area contributed by atoms with Crippen LogP contribution < -0.4 is 51.9 Å². The van der Waals surface area contributed by atoms with Crippen molar-refractivity contribution in [3.8, 4) is 11.5 Å². The summed E-state index contributed by atoms with van der Waals surface area (Å²) in [7, 11) is 0. The van der Waals surface area contributed by atoms with Gasteiger partial charge in [0.05, 0.1) is 0 Å². The minimum Gasteiger partial charge on any atom is -0.457 e. The zero-order valence-corrected chi connectivity index (χ0v) is 29.0. The van der Waals surface area contributed by atoms with Crippen molar-refractivity contribution in [2.75, 3.05) is 6.79 Å². The summed E-state index contributed by atoms with van der Waals surface area (Å²) in [4.78, 5) is 24.4. The fraction of sp³-hybridized carbons (Fsp3) is 0.235. The lowest BCUT2D eigenvalue weighted by atomic mass is 9.98. The summed E-state index contributed by atoms with van der Waals surface area (Å²) in [5, 5.41) is 0. The second kappa shape index (κ2) is 14.9. The van der Waals surface area contributed by atoms with Crippen molar-refractivity contribution in [1.82, 2.24) is 0 Å². The quantitative estimate of drug-likeness (QED) is 0.105. The Kier molecular flexibility index (Phi) is 11.3. The first kappa shape index (κ1) is 32.6. The van der Waals surface area contributed by atoms with E-state index in [9.17, 15) is 9.59 Å². The highest BCUT2D eigenvalue weighted by atomic mass is 127. The van der Waals surface area contributed by atoms with Crippen LogP contribution in [0.3, 0.4) is 0 Å². The van der Waals surface area contributed by atoms with Crippen LogP contribution in [0.4, 0.5) is 9.59 Å². The molecule has 43 heavy (non-hydrogen) atoms. The highest BCUT2D eigenvalue weighted by Gasteiger charge is 2.29. The Balaban J connectivity index is 1.25. The van der Waals surface area contributed by atoms with Crippen LogP contribution in [-0.4, -0.2) is 24.7 Å². The summed E-state index contributed by atoms with van der Waals surface area (Å²) in [5.41, 5.74) is -0.679. The van der Waals surface area contributed by atoms with Crippen molar-refractivity contribution in [2.24, 2.45) is 0 Å². The number of carbonyl (C=O) groups is 2. The second-order valence-electron chi connectivity index (χ2n) is 10.7. The molecule has 0 aliphatic rings. The average Bonchev–Trinajstić information content (AvgIpc) is 2.94. The molecule has 0 aromatic heterocycles. The second-order valence-corrected chi connectivity index (χ2v) is 16.8. The van der Waals surface area contributed by atoms with Gasteiger partial charge in [-0.1, -0.05) is 30.3 Å². The first-order valence-electron chi connectivity index (χ1n) is 13.5. The Labute approximate surface area is 273 Å². The number of hydrogen-bond acceptors (Lipinski definition) is 7. The van der Waals surface area contributed by atoms with Gasteiger partial charge in [0.2, 0.25) is 6.79 Å². The van der Waals surface area contributed by atoms with Gasteiger partial charge in [0.25, 0.3) is 0 Å². The van der Waals surface area contributed by atoms with Gasteiger partial charge in [0.15, 0.2) is 14.3 Å². The maximum atomic E-state index is 12.5. The smallest absolute Gasteiger partial charge is 0.457 e. The third-order valence-corrected chi connectivity index (χ3v) is 11.0. The first-order chi connectivity index (χ1) is 20.4. The summed E-state index contributed by atoms with van der Waals surface area (Å²) >= 11 is -0.782. The third-order valence-electron chi connectivity index (χ3n) is 5.65. The van der Waals surface area contributed by atoms with E-state index in [2.05, 4.69) is 30.3 Å². The summed E-state index contributed by atoms with van der Waals surface area (Å²) < 4.78 is 31.8. The van der Waals surface area contributed by atoms with Crippen molar-refractivity contribution < 1.29 is 75.7 Å². The van der Waals surface area contributed by atoms with E-state index in [1.165, 1.54) is 7.14 Å². The lowest BCUT2D eigenvalue weighted by molar-refractivity contribution is -0.597. The van der Waals surface area contributed by atoms with Gasteiger partial charge in [0.1, 0.15) is 22.7 Å². The summed E-state index contributed by atoms with van der Waals surface area (Å²) in [5.74, 6) is 1.04. The third kappa shape index (κ3) is 11.0. The topological polar surface area (TPSA) is 80.3 Å². The van der Waals surface area contributed by atoms with E-state index in [0.29, 0.717) is 11.5 Å². The van der Waals surface area contributed by atoms with Crippen molar-refractivity contribution in [2.45, 2.75) is 45.8 Å². The van der Waals surface area contributed by atoms with Crippen molar-refractivity contribution in [1.29, 1.82) is 0 Å². The number of halogens is 2. The zero-order chi connectivity index (χ0) is 30.9. The zero-order valence-electron chi connectivity index (χ0n) is 24.6. The highest BCUT2D eigenvalue weighted by Crippen LogP contribution is 2.25. The molecule has 4 aromatic rings. The molecule has 0 fully saturated rings. The number of benzene rings is 4. The van der Waals surface area contributed by atoms with E-state index in [-0.39, 0.29) is 28.0 Å². The fourth-order valence-electron chi connectivity index (χ4n) is 3.62. The molecule has 0 aliphatic heterocycles.